The van der Waals surface area contributed by atoms with Gasteiger partial charge in [-0.15, -0.1) is 0 Å². The summed E-state index contributed by atoms with van der Waals surface area (Å²) < 4.78 is 19.1. The molecule has 1 N–H and O–H groups in total. The minimum absolute atomic E-state index is 0.105. The van der Waals surface area contributed by atoms with Crippen LogP contribution in [-0.4, -0.2) is 30.4 Å². The van der Waals surface area contributed by atoms with Gasteiger partial charge in [0, 0.05) is 17.8 Å². The van der Waals surface area contributed by atoms with E-state index in [-0.39, 0.29) is 17.8 Å². The summed E-state index contributed by atoms with van der Waals surface area (Å²) in [6.45, 7) is 0.231. The number of nitrogens with one attached hydrogen (secondary N) is 1. The van der Waals surface area contributed by atoms with Gasteiger partial charge in [-0.05, 0) is 36.2 Å². The monoisotopic (exact) mass is 416 g/mol. The third-order valence-electron chi connectivity index (χ3n) is 5.11. The van der Waals surface area contributed by atoms with Crippen molar-refractivity contribution >= 4 is 23.1 Å². The number of anilines is 1. The number of imide groups is 1. The number of benzene rings is 3. The van der Waals surface area contributed by atoms with Crippen molar-refractivity contribution in [1.29, 1.82) is 0 Å². The third kappa shape index (κ3) is 4.19. The zero-order valence-electron chi connectivity index (χ0n) is 17.0. The van der Waals surface area contributed by atoms with Gasteiger partial charge in [-0.3, -0.25) is 14.5 Å². The molecule has 0 bridgehead atoms. The number of ether oxygens (including phenoxy) is 1. The molecular weight excluding hydrogens is 395 g/mol. The van der Waals surface area contributed by atoms with E-state index < -0.39 is 17.6 Å². The van der Waals surface area contributed by atoms with Crippen LogP contribution in [0.1, 0.15) is 11.1 Å². The smallest absolute Gasteiger partial charge is 0.278 e. The molecule has 0 aromatic heterocycles. The Morgan fingerprint density at radius 1 is 0.903 bits per heavy atom. The Morgan fingerprint density at radius 2 is 1.65 bits per heavy atom. The highest BCUT2D eigenvalue weighted by Crippen LogP contribution is 2.35. The molecule has 1 aliphatic rings. The molecule has 0 saturated carbocycles. The van der Waals surface area contributed by atoms with Crippen molar-refractivity contribution in [2.75, 3.05) is 19.0 Å². The second-order valence-corrected chi connectivity index (χ2v) is 7.08. The predicted octanol–water partition coefficient (Wildman–Crippen LogP) is 4.27. The van der Waals surface area contributed by atoms with Gasteiger partial charge in [0.15, 0.2) is 0 Å². The van der Waals surface area contributed by atoms with Crippen molar-refractivity contribution in [3.05, 3.63) is 102 Å². The molecule has 0 unspecified atom stereocenters. The summed E-state index contributed by atoms with van der Waals surface area (Å²) in [7, 11) is 1.51. The van der Waals surface area contributed by atoms with E-state index in [2.05, 4.69) is 5.32 Å². The number of methoxy groups -OCH3 is 1. The van der Waals surface area contributed by atoms with Crippen LogP contribution in [0.5, 0.6) is 5.75 Å². The minimum Gasteiger partial charge on any atom is -0.496 e. The van der Waals surface area contributed by atoms with Crippen LogP contribution in [0.25, 0.3) is 5.57 Å². The van der Waals surface area contributed by atoms with Crippen molar-refractivity contribution < 1.29 is 18.7 Å². The molecule has 0 atom stereocenters. The SMILES string of the molecule is COc1ccccc1C1=C(Nc2cccc(F)c2)C(=O)N(CCc2ccccc2)C1=O. The highest BCUT2D eigenvalue weighted by Gasteiger charge is 2.40. The van der Waals surface area contributed by atoms with Gasteiger partial charge in [0.05, 0.1) is 12.7 Å². The van der Waals surface area contributed by atoms with E-state index in [4.69, 9.17) is 4.74 Å². The van der Waals surface area contributed by atoms with Crippen LogP contribution in [0.2, 0.25) is 0 Å². The number of carbonyl (C=O) groups is 2. The van der Waals surface area contributed by atoms with Gasteiger partial charge in [-0.25, -0.2) is 4.39 Å². The number of hydrogen-bond donors (Lipinski definition) is 1. The zero-order chi connectivity index (χ0) is 21.8. The standard InChI is InChI=1S/C25H21FN2O3/c1-31-21-13-6-5-12-20(21)22-23(27-19-11-7-10-18(26)16-19)25(30)28(24(22)29)15-14-17-8-3-2-4-9-17/h2-13,16,27H,14-15H2,1H3. The molecule has 6 heteroatoms. The average molecular weight is 416 g/mol. The first-order valence-electron chi connectivity index (χ1n) is 9.89. The van der Waals surface area contributed by atoms with Crippen LogP contribution in [0, 0.1) is 5.82 Å². The Morgan fingerprint density at radius 3 is 2.39 bits per heavy atom. The fourth-order valence-corrected chi connectivity index (χ4v) is 3.59. The van der Waals surface area contributed by atoms with Crippen LogP contribution in [-0.2, 0) is 16.0 Å². The maximum Gasteiger partial charge on any atom is 0.278 e. The molecule has 0 spiro atoms. The summed E-state index contributed by atoms with van der Waals surface area (Å²) in [5.74, 6) is -0.834. The van der Waals surface area contributed by atoms with Crippen molar-refractivity contribution in [3.63, 3.8) is 0 Å². The average Bonchev–Trinajstić information content (AvgIpc) is 3.02. The maximum atomic E-state index is 13.7. The number of amides is 2. The predicted molar refractivity (Wildman–Crippen MR) is 117 cm³/mol. The topological polar surface area (TPSA) is 58.6 Å². The molecule has 156 valence electrons. The normalized spacial score (nSPS) is 13.7. The van der Waals surface area contributed by atoms with Crippen LogP contribution in [0.15, 0.2) is 84.6 Å². The fourth-order valence-electron chi connectivity index (χ4n) is 3.59. The first-order valence-corrected chi connectivity index (χ1v) is 9.89. The van der Waals surface area contributed by atoms with Crippen LogP contribution >= 0.6 is 0 Å². The molecule has 0 saturated heterocycles. The Balaban J connectivity index is 1.72. The van der Waals surface area contributed by atoms with Gasteiger partial charge in [0.25, 0.3) is 11.8 Å². The summed E-state index contributed by atoms with van der Waals surface area (Å²) in [5.41, 5.74) is 2.22. The quantitative estimate of drug-likeness (QED) is 0.585. The summed E-state index contributed by atoms with van der Waals surface area (Å²) in [4.78, 5) is 27.8. The molecule has 1 aliphatic heterocycles. The number of hydrogen-bond acceptors (Lipinski definition) is 4. The van der Waals surface area contributed by atoms with Crippen LogP contribution < -0.4 is 10.1 Å². The zero-order valence-corrected chi connectivity index (χ0v) is 17.0. The molecule has 4 rings (SSSR count). The number of rotatable bonds is 7. The van der Waals surface area contributed by atoms with Crippen molar-refractivity contribution in [3.8, 4) is 5.75 Å². The summed E-state index contributed by atoms with van der Waals surface area (Å²) in [6, 6.07) is 22.4. The molecule has 0 aliphatic carbocycles. The lowest BCUT2D eigenvalue weighted by Crippen LogP contribution is -2.34. The number of carbonyl (C=O) groups excluding carboxylic acids is 2. The third-order valence-corrected chi connectivity index (χ3v) is 5.11. The number of nitrogens with zero attached hydrogens (tertiary/aromatic N) is 1. The maximum absolute atomic E-state index is 13.7. The summed E-state index contributed by atoms with van der Waals surface area (Å²) in [5, 5.41) is 2.96. The molecule has 3 aromatic carbocycles. The highest BCUT2D eigenvalue weighted by atomic mass is 19.1. The molecular formula is C25H21FN2O3. The lowest BCUT2D eigenvalue weighted by Gasteiger charge is -2.15. The van der Waals surface area contributed by atoms with E-state index in [1.54, 1.807) is 30.3 Å². The van der Waals surface area contributed by atoms with E-state index in [0.29, 0.717) is 23.4 Å². The fraction of sp³-hybridized carbons (Fsp3) is 0.120. The van der Waals surface area contributed by atoms with Crippen molar-refractivity contribution in [2.45, 2.75) is 6.42 Å². The Bertz CT molecular complexity index is 1160. The van der Waals surface area contributed by atoms with E-state index in [0.717, 1.165) is 5.56 Å². The lowest BCUT2D eigenvalue weighted by molar-refractivity contribution is -0.136. The number of para-hydroxylation sites is 1. The number of halogens is 1. The van der Waals surface area contributed by atoms with Crippen molar-refractivity contribution in [2.24, 2.45) is 0 Å². The largest absolute Gasteiger partial charge is 0.496 e. The van der Waals surface area contributed by atoms with Crippen LogP contribution in [0.4, 0.5) is 10.1 Å². The molecule has 0 radical (unpaired) electrons. The van der Waals surface area contributed by atoms with E-state index >= 15 is 0 Å². The molecule has 2 amide bonds. The van der Waals surface area contributed by atoms with Gasteiger partial charge in [0.2, 0.25) is 0 Å². The van der Waals surface area contributed by atoms with Gasteiger partial charge < -0.3 is 10.1 Å². The second-order valence-electron chi connectivity index (χ2n) is 7.08. The Kier molecular flexibility index (Phi) is 5.80. The van der Waals surface area contributed by atoms with Gasteiger partial charge in [0.1, 0.15) is 17.3 Å². The minimum atomic E-state index is -0.453. The second kappa shape index (κ2) is 8.83. The van der Waals surface area contributed by atoms with E-state index in [1.165, 1.54) is 30.2 Å². The lowest BCUT2D eigenvalue weighted by atomic mass is 10.0. The van der Waals surface area contributed by atoms with Gasteiger partial charge in [-0.1, -0.05) is 54.6 Å². The Labute approximate surface area is 179 Å². The van der Waals surface area contributed by atoms with E-state index in [1.807, 2.05) is 30.3 Å². The molecule has 0 fully saturated rings. The first-order chi connectivity index (χ1) is 15.1. The Hall–Kier alpha value is -3.93. The summed E-state index contributed by atoms with van der Waals surface area (Å²) >= 11 is 0. The highest BCUT2D eigenvalue weighted by molar-refractivity contribution is 6.37. The molecule has 3 aromatic rings. The first kappa shape index (κ1) is 20.3. The molecule has 31 heavy (non-hydrogen) atoms. The van der Waals surface area contributed by atoms with Gasteiger partial charge >= 0.3 is 0 Å². The van der Waals surface area contributed by atoms with E-state index in [9.17, 15) is 14.0 Å². The molecule has 1 heterocycles. The van der Waals surface area contributed by atoms with Crippen molar-refractivity contribution in [1.82, 2.24) is 4.90 Å². The molecule has 5 nitrogen and oxygen atoms in total. The van der Waals surface area contributed by atoms with Gasteiger partial charge in [-0.2, -0.15) is 0 Å². The summed E-state index contributed by atoms with van der Waals surface area (Å²) in [6.07, 6.45) is 0.533. The van der Waals surface area contributed by atoms with Crippen LogP contribution in [0.3, 0.4) is 0 Å².